The number of rotatable bonds is 5. The third-order valence-corrected chi connectivity index (χ3v) is 5.68. The van der Waals surface area contributed by atoms with E-state index in [-0.39, 0.29) is 11.9 Å². The van der Waals surface area contributed by atoms with Gasteiger partial charge in [0, 0.05) is 54.8 Å². The minimum absolute atomic E-state index is 0.0266. The standard InChI is InChI=1S/C19H20N4OS/c1-22-18(6-7-21-22)13-4-5-17-14(9-13)12-23(19(17)24)15(11-20)10-16-3-2-8-25-16/h2-9,15H,10-12,20H2,1H3/t15-/m0/s1. The van der Waals surface area contributed by atoms with E-state index in [1.165, 1.54) is 4.88 Å². The number of amides is 1. The van der Waals surface area contributed by atoms with Gasteiger partial charge in [-0.15, -0.1) is 11.3 Å². The molecule has 0 bridgehead atoms. The first-order valence-corrected chi connectivity index (χ1v) is 9.20. The Bertz CT molecular complexity index is 900. The molecule has 6 heteroatoms. The maximum Gasteiger partial charge on any atom is 0.254 e. The highest BCUT2D eigenvalue weighted by Crippen LogP contribution is 2.30. The summed E-state index contributed by atoms with van der Waals surface area (Å²) in [5, 5.41) is 6.28. The number of nitrogens with two attached hydrogens (primary N) is 1. The third kappa shape index (κ3) is 2.88. The van der Waals surface area contributed by atoms with E-state index in [0.717, 1.165) is 28.8 Å². The first kappa shape index (κ1) is 16.1. The Morgan fingerprint density at radius 3 is 2.88 bits per heavy atom. The van der Waals surface area contributed by atoms with Gasteiger partial charge in [-0.1, -0.05) is 12.1 Å². The van der Waals surface area contributed by atoms with Crippen molar-refractivity contribution >= 4 is 17.2 Å². The highest BCUT2D eigenvalue weighted by molar-refractivity contribution is 7.09. The third-order valence-electron chi connectivity index (χ3n) is 4.78. The van der Waals surface area contributed by atoms with Crippen LogP contribution in [0.5, 0.6) is 0 Å². The average Bonchev–Trinajstić information content (AvgIpc) is 3.34. The van der Waals surface area contributed by atoms with Crippen molar-refractivity contribution < 1.29 is 4.79 Å². The molecule has 1 aromatic carbocycles. The molecule has 0 unspecified atom stereocenters. The van der Waals surface area contributed by atoms with Gasteiger partial charge in [-0.05, 0) is 35.2 Å². The summed E-state index contributed by atoms with van der Waals surface area (Å²) in [6, 6.07) is 12.2. The van der Waals surface area contributed by atoms with E-state index in [4.69, 9.17) is 5.73 Å². The normalized spacial score (nSPS) is 14.8. The molecule has 0 saturated carbocycles. The molecule has 0 fully saturated rings. The van der Waals surface area contributed by atoms with Gasteiger partial charge < -0.3 is 10.6 Å². The van der Waals surface area contributed by atoms with Crippen molar-refractivity contribution in [3.05, 3.63) is 64.0 Å². The van der Waals surface area contributed by atoms with Crippen molar-refractivity contribution in [2.75, 3.05) is 6.54 Å². The molecule has 1 amide bonds. The summed E-state index contributed by atoms with van der Waals surface area (Å²) in [7, 11) is 1.92. The molecule has 0 aliphatic carbocycles. The van der Waals surface area contributed by atoms with E-state index >= 15 is 0 Å². The number of benzene rings is 1. The molecule has 0 spiro atoms. The van der Waals surface area contributed by atoms with Crippen LogP contribution in [0.15, 0.2) is 48.0 Å². The number of hydrogen-bond donors (Lipinski definition) is 1. The Kier molecular flexibility index (Phi) is 4.15. The summed E-state index contributed by atoms with van der Waals surface area (Å²) in [6.07, 6.45) is 2.59. The van der Waals surface area contributed by atoms with E-state index in [0.29, 0.717) is 13.1 Å². The van der Waals surface area contributed by atoms with Crippen molar-refractivity contribution in [3.8, 4) is 11.3 Å². The Hall–Kier alpha value is -2.44. The predicted octanol–water partition coefficient (Wildman–Crippen LogP) is 2.67. The summed E-state index contributed by atoms with van der Waals surface area (Å²) in [4.78, 5) is 16.0. The van der Waals surface area contributed by atoms with Gasteiger partial charge in [-0.2, -0.15) is 5.10 Å². The molecular weight excluding hydrogens is 332 g/mol. The van der Waals surface area contributed by atoms with Crippen LogP contribution in [0.25, 0.3) is 11.3 Å². The monoisotopic (exact) mass is 352 g/mol. The van der Waals surface area contributed by atoms with Gasteiger partial charge in [0.05, 0.1) is 5.69 Å². The van der Waals surface area contributed by atoms with Crippen LogP contribution in [0.4, 0.5) is 0 Å². The van der Waals surface area contributed by atoms with Crippen LogP contribution in [0.1, 0.15) is 20.8 Å². The summed E-state index contributed by atoms with van der Waals surface area (Å²) < 4.78 is 1.84. The van der Waals surface area contributed by atoms with Crippen LogP contribution >= 0.6 is 11.3 Å². The summed E-state index contributed by atoms with van der Waals surface area (Å²) in [5.74, 6) is 0.0820. The summed E-state index contributed by atoms with van der Waals surface area (Å²) in [5.41, 5.74) is 9.97. The van der Waals surface area contributed by atoms with Crippen LogP contribution in [0.3, 0.4) is 0 Å². The molecule has 0 saturated heterocycles. The largest absolute Gasteiger partial charge is 0.330 e. The Morgan fingerprint density at radius 1 is 1.32 bits per heavy atom. The fraction of sp³-hybridized carbons (Fsp3) is 0.263. The second-order valence-electron chi connectivity index (χ2n) is 6.32. The molecule has 2 N–H and O–H groups in total. The summed E-state index contributed by atoms with van der Waals surface area (Å²) >= 11 is 1.71. The fourth-order valence-corrected chi connectivity index (χ4v) is 4.21. The lowest BCUT2D eigenvalue weighted by Gasteiger charge is -2.26. The van der Waals surface area contributed by atoms with Crippen molar-refractivity contribution in [1.82, 2.24) is 14.7 Å². The summed E-state index contributed by atoms with van der Waals surface area (Å²) in [6.45, 7) is 1.08. The molecule has 1 aliphatic heterocycles. The van der Waals surface area contributed by atoms with E-state index in [9.17, 15) is 4.79 Å². The van der Waals surface area contributed by atoms with Crippen molar-refractivity contribution in [3.63, 3.8) is 0 Å². The number of nitrogens with zero attached hydrogens (tertiary/aromatic N) is 3. The zero-order valence-electron chi connectivity index (χ0n) is 14.1. The molecule has 2 aromatic heterocycles. The quantitative estimate of drug-likeness (QED) is 0.768. The van der Waals surface area contributed by atoms with Gasteiger partial charge in [0.2, 0.25) is 0 Å². The molecule has 128 valence electrons. The molecule has 4 rings (SSSR count). The number of fused-ring (bicyclic) bond motifs is 1. The maximum atomic E-state index is 12.8. The molecule has 1 aliphatic rings. The topological polar surface area (TPSA) is 64.2 Å². The average molecular weight is 352 g/mol. The molecule has 5 nitrogen and oxygen atoms in total. The maximum absolute atomic E-state index is 12.8. The van der Waals surface area contributed by atoms with Gasteiger partial charge in [0.1, 0.15) is 0 Å². The van der Waals surface area contributed by atoms with E-state index in [1.807, 2.05) is 40.9 Å². The van der Waals surface area contributed by atoms with Gasteiger partial charge in [-0.25, -0.2) is 0 Å². The van der Waals surface area contributed by atoms with Crippen LogP contribution in [0, 0.1) is 0 Å². The SMILES string of the molecule is Cn1nccc1-c1ccc2c(c1)CN([C@H](CN)Cc1cccs1)C2=O. The number of carbonyl (C=O) groups excluding carboxylic acids is 1. The lowest BCUT2D eigenvalue weighted by molar-refractivity contribution is 0.0708. The molecule has 0 radical (unpaired) electrons. The minimum atomic E-state index is 0.0266. The first-order valence-electron chi connectivity index (χ1n) is 8.32. The van der Waals surface area contributed by atoms with E-state index in [2.05, 4.69) is 22.6 Å². The first-order chi connectivity index (χ1) is 12.2. The second kappa shape index (κ2) is 6.46. The zero-order valence-corrected chi connectivity index (χ0v) is 14.9. The number of aryl methyl sites for hydroxylation is 1. The van der Waals surface area contributed by atoms with Gasteiger partial charge in [0.25, 0.3) is 5.91 Å². The number of hydrogen-bond acceptors (Lipinski definition) is 4. The van der Waals surface area contributed by atoms with Crippen molar-refractivity contribution in [2.24, 2.45) is 12.8 Å². The van der Waals surface area contributed by atoms with Crippen LogP contribution < -0.4 is 5.73 Å². The lowest BCUT2D eigenvalue weighted by atomic mass is 10.0. The Balaban J connectivity index is 1.61. The number of aromatic nitrogens is 2. The van der Waals surface area contributed by atoms with Crippen LogP contribution in [0.2, 0.25) is 0 Å². The molecular formula is C19H20N4OS. The predicted molar refractivity (Wildman–Crippen MR) is 99.4 cm³/mol. The number of thiophene rings is 1. The van der Waals surface area contributed by atoms with Crippen molar-refractivity contribution in [2.45, 2.75) is 19.0 Å². The van der Waals surface area contributed by atoms with Gasteiger partial charge >= 0.3 is 0 Å². The minimum Gasteiger partial charge on any atom is -0.330 e. The number of carbonyl (C=O) groups is 1. The van der Waals surface area contributed by atoms with E-state index in [1.54, 1.807) is 17.5 Å². The van der Waals surface area contributed by atoms with Gasteiger partial charge in [-0.3, -0.25) is 9.48 Å². The Morgan fingerprint density at radius 2 is 2.20 bits per heavy atom. The fourth-order valence-electron chi connectivity index (χ4n) is 3.44. The Labute approximate surface area is 150 Å². The lowest BCUT2D eigenvalue weighted by Crippen LogP contribution is -2.42. The van der Waals surface area contributed by atoms with Crippen LogP contribution in [-0.2, 0) is 20.0 Å². The zero-order chi connectivity index (χ0) is 17.4. The van der Waals surface area contributed by atoms with E-state index < -0.39 is 0 Å². The molecule has 3 aromatic rings. The second-order valence-corrected chi connectivity index (χ2v) is 7.35. The highest BCUT2D eigenvalue weighted by atomic mass is 32.1. The highest BCUT2D eigenvalue weighted by Gasteiger charge is 2.32. The van der Waals surface area contributed by atoms with Gasteiger partial charge in [0.15, 0.2) is 0 Å². The van der Waals surface area contributed by atoms with Crippen LogP contribution in [-0.4, -0.2) is 33.2 Å². The molecule has 3 heterocycles. The molecule has 1 atom stereocenters. The molecule has 25 heavy (non-hydrogen) atoms. The smallest absolute Gasteiger partial charge is 0.254 e. The van der Waals surface area contributed by atoms with Crippen molar-refractivity contribution in [1.29, 1.82) is 0 Å².